The number of hydrogen-bond donors (Lipinski definition) is 0. The maximum absolute atomic E-state index is 6.01. The summed E-state index contributed by atoms with van der Waals surface area (Å²) in [7, 11) is 0. The predicted molar refractivity (Wildman–Crippen MR) is 74.8 cm³/mol. The molecule has 2 aromatic rings. The Balaban J connectivity index is 2.25. The fourth-order valence-corrected chi connectivity index (χ4v) is 1.99. The lowest BCUT2D eigenvalue weighted by Crippen LogP contribution is -1.97. The van der Waals surface area contributed by atoms with Gasteiger partial charge in [-0.1, -0.05) is 11.6 Å². The van der Waals surface area contributed by atoms with Crippen LogP contribution < -0.4 is 4.74 Å². The second-order valence-electron chi connectivity index (χ2n) is 3.77. The predicted octanol–water partition coefficient (Wildman–Crippen LogP) is 4.26. The van der Waals surface area contributed by atoms with Gasteiger partial charge < -0.3 is 4.74 Å². The third kappa shape index (κ3) is 2.94. The molecular formula is C13H13ClN2OS. The monoisotopic (exact) mass is 280 g/mol. The van der Waals surface area contributed by atoms with E-state index in [-0.39, 0.29) is 5.15 Å². The van der Waals surface area contributed by atoms with Gasteiger partial charge in [-0.05, 0) is 44.4 Å². The van der Waals surface area contributed by atoms with Crippen LogP contribution in [-0.4, -0.2) is 16.2 Å². The highest BCUT2D eigenvalue weighted by atomic mass is 35.5. The molecule has 0 aliphatic heterocycles. The molecule has 1 aromatic heterocycles. The van der Waals surface area contributed by atoms with Gasteiger partial charge in [0.15, 0.2) is 5.15 Å². The molecule has 5 heteroatoms. The van der Waals surface area contributed by atoms with Crippen molar-refractivity contribution < 1.29 is 4.74 Å². The maximum Gasteiger partial charge on any atom is 0.257 e. The Bertz CT molecular complexity index is 558. The van der Waals surface area contributed by atoms with Crippen LogP contribution in [0, 0.1) is 13.8 Å². The summed E-state index contributed by atoms with van der Waals surface area (Å²) in [5.74, 6) is 1.05. The summed E-state index contributed by atoms with van der Waals surface area (Å²) >= 11 is 7.69. The molecule has 0 unspecified atom stereocenters. The lowest BCUT2D eigenvalue weighted by molar-refractivity contribution is 0.458. The number of nitrogens with zero attached hydrogens (tertiary/aromatic N) is 2. The van der Waals surface area contributed by atoms with E-state index in [1.807, 2.05) is 44.4 Å². The highest BCUT2D eigenvalue weighted by molar-refractivity contribution is 7.98. The van der Waals surface area contributed by atoms with Crippen molar-refractivity contribution in [2.75, 3.05) is 6.26 Å². The molecule has 0 radical (unpaired) electrons. The van der Waals surface area contributed by atoms with E-state index in [1.54, 1.807) is 11.8 Å². The quantitative estimate of drug-likeness (QED) is 0.787. The number of ether oxygens (including phenoxy) is 1. The van der Waals surface area contributed by atoms with Crippen molar-refractivity contribution in [1.82, 2.24) is 9.97 Å². The number of aryl methyl sites for hydroxylation is 2. The zero-order chi connectivity index (χ0) is 13.1. The number of halogens is 1. The standard InChI is InChI=1S/C13H13ClN2OS/c1-8-9(2)16-13(12(14)15-8)17-10-4-6-11(18-3)7-5-10/h4-7H,1-3H3. The first-order valence-electron chi connectivity index (χ1n) is 5.43. The van der Waals surface area contributed by atoms with Gasteiger partial charge in [0.1, 0.15) is 5.75 Å². The van der Waals surface area contributed by atoms with Crippen molar-refractivity contribution in [3.05, 3.63) is 40.8 Å². The maximum atomic E-state index is 6.01. The van der Waals surface area contributed by atoms with Gasteiger partial charge >= 0.3 is 0 Å². The van der Waals surface area contributed by atoms with Crippen LogP contribution in [0.15, 0.2) is 29.2 Å². The SMILES string of the molecule is CSc1ccc(Oc2nc(C)c(C)nc2Cl)cc1. The highest BCUT2D eigenvalue weighted by Gasteiger charge is 2.09. The zero-order valence-corrected chi connectivity index (χ0v) is 12.0. The van der Waals surface area contributed by atoms with E-state index in [2.05, 4.69) is 9.97 Å². The van der Waals surface area contributed by atoms with Gasteiger partial charge in [0.2, 0.25) is 0 Å². The molecule has 0 spiro atoms. The van der Waals surface area contributed by atoms with Crippen LogP contribution in [0.5, 0.6) is 11.6 Å². The molecule has 0 bridgehead atoms. The van der Waals surface area contributed by atoms with Gasteiger partial charge in [0.05, 0.1) is 11.4 Å². The minimum absolute atomic E-state index is 0.284. The van der Waals surface area contributed by atoms with Crippen molar-refractivity contribution in [1.29, 1.82) is 0 Å². The van der Waals surface area contributed by atoms with Gasteiger partial charge in [-0.25, -0.2) is 9.97 Å². The zero-order valence-electron chi connectivity index (χ0n) is 10.4. The topological polar surface area (TPSA) is 35.0 Å². The molecular weight excluding hydrogens is 268 g/mol. The van der Waals surface area contributed by atoms with Crippen LogP contribution in [0.1, 0.15) is 11.4 Å². The summed E-state index contributed by atoms with van der Waals surface area (Å²) in [4.78, 5) is 9.65. The van der Waals surface area contributed by atoms with Gasteiger partial charge in [0.25, 0.3) is 5.88 Å². The molecule has 0 atom stereocenters. The Labute approximate surface area is 116 Å². The molecule has 0 aliphatic rings. The summed E-state index contributed by atoms with van der Waals surface area (Å²) in [6, 6.07) is 7.75. The normalized spacial score (nSPS) is 10.4. The second kappa shape index (κ2) is 5.59. The number of benzene rings is 1. The van der Waals surface area contributed by atoms with E-state index in [0.29, 0.717) is 11.6 Å². The summed E-state index contributed by atoms with van der Waals surface area (Å²) in [6.45, 7) is 3.74. The first-order valence-corrected chi connectivity index (χ1v) is 7.03. The molecule has 0 saturated carbocycles. The van der Waals surface area contributed by atoms with E-state index >= 15 is 0 Å². The highest BCUT2D eigenvalue weighted by Crippen LogP contribution is 2.27. The minimum Gasteiger partial charge on any atom is -0.436 e. The first-order chi connectivity index (χ1) is 8.60. The van der Waals surface area contributed by atoms with E-state index < -0.39 is 0 Å². The molecule has 0 fully saturated rings. The average Bonchev–Trinajstić information content (AvgIpc) is 2.37. The molecule has 1 heterocycles. The molecule has 18 heavy (non-hydrogen) atoms. The molecule has 0 saturated heterocycles. The number of rotatable bonds is 3. The first kappa shape index (κ1) is 13.2. The fraction of sp³-hybridized carbons (Fsp3) is 0.231. The second-order valence-corrected chi connectivity index (χ2v) is 5.01. The summed E-state index contributed by atoms with van der Waals surface area (Å²) in [5, 5.41) is 0.284. The van der Waals surface area contributed by atoms with E-state index in [1.165, 1.54) is 4.90 Å². The third-order valence-electron chi connectivity index (χ3n) is 2.51. The lowest BCUT2D eigenvalue weighted by Gasteiger charge is -2.08. The third-order valence-corrected chi connectivity index (χ3v) is 3.50. The van der Waals surface area contributed by atoms with E-state index in [0.717, 1.165) is 11.4 Å². The van der Waals surface area contributed by atoms with Crippen molar-refractivity contribution in [2.45, 2.75) is 18.7 Å². The van der Waals surface area contributed by atoms with E-state index in [4.69, 9.17) is 16.3 Å². The molecule has 1 aromatic carbocycles. The van der Waals surface area contributed by atoms with Gasteiger partial charge in [-0.3, -0.25) is 0 Å². The molecule has 0 amide bonds. The summed E-state index contributed by atoms with van der Waals surface area (Å²) in [6.07, 6.45) is 2.03. The van der Waals surface area contributed by atoms with Crippen LogP contribution in [0.2, 0.25) is 5.15 Å². The molecule has 0 N–H and O–H groups in total. The Morgan fingerprint density at radius 1 is 1.06 bits per heavy atom. The van der Waals surface area contributed by atoms with Crippen LogP contribution in [0.4, 0.5) is 0 Å². The van der Waals surface area contributed by atoms with Crippen LogP contribution in [0.3, 0.4) is 0 Å². The summed E-state index contributed by atoms with van der Waals surface area (Å²) in [5.41, 5.74) is 1.63. The number of hydrogen-bond acceptors (Lipinski definition) is 4. The van der Waals surface area contributed by atoms with Crippen molar-refractivity contribution in [3.8, 4) is 11.6 Å². The fourth-order valence-electron chi connectivity index (χ4n) is 1.38. The average molecular weight is 281 g/mol. The Kier molecular flexibility index (Phi) is 4.09. The largest absolute Gasteiger partial charge is 0.436 e. The minimum atomic E-state index is 0.284. The molecule has 0 aliphatic carbocycles. The van der Waals surface area contributed by atoms with E-state index in [9.17, 15) is 0 Å². The van der Waals surface area contributed by atoms with Crippen molar-refractivity contribution in [2.24, 2.45) is 0 Å². The van der Waals surface area contributed by atoms with Crippen molar-refractivity contribution >= 4 is 23.4 Å². The number of aromatic nitrogens is 2. The van der Waals surface area contributed by atoms with Gasteiger partial charge in [0, 0.05) is 4.90 Å². The van der Waals surface area contributed by atoms with Crippen LogP contribution in [0.25, 0.3) is 0 Å². The Morgan fingerprint density at radius 2 is 1.67 bits per heavy atom. The smallest absolute Gasteiger partial charge is 0.257 e. The Morgan fingerprint density at radius 3 is 2.28 bits per heavy atom. The lowest BCUT2D eigenvalue weighted by atomic mass is 10.3. The van der Waals surface area contributed by atoms with Crippen LogP contribution in [-0.2, 0) is 0 Å². The molecule has 2 rings (SSSR count). The summed E-state index contributed by atoms with van der Waals surface area (Å²) < 4.78 is 5.63. The van der Waals surface area contributed by atoms with Gasteiger partial charge in [-0.15, -0.1) is 11.8 Å². The van der Waals surface area contributed by atoms with Gasteiger partial charge in [-0.2, -0.15) is 0 Å². The van der Waals surface area contributed by atoms with Crippen LogP contribution >= 0.6 is 23.4 Å². The van der Waals surface area contributed by atoms with Crippen molar-refractivity contribution in [3.63, 3.8) is 0 Å². The Hall–Kier alpha value is -1.26. The number of thioether (sulfide) groups is 1. The molecule has 94 valence electrons. The molecule has 3 nitrogen and oxygen atoms in total.